The lowest BCUT2D eigenvalue weighted by Gasteiger charge is -2.38. The van der Waals surface area contributed by atoms with Gasteiger partial charge in [-0.15, -0.1) is 17.8 Å². The molecule has 1 fully saturated rings. The van der Waals surface area contributed by atoms with Gasteiger partial charge >= 0.3 is 0 Å². The molecule has 0 saturated carbocycles. The lowest BCUT2D eigenvalue weighted by Crippen LogP contribution is -2.57. The van der Waals surface area contributed by atoms with Crippen molar-refractivity contribution in [1.82, 2.24) is 15.2 Å². The van der Waals surface area contributed by atoms with E-state index in [4.69, 9.17) is 16.9 Å². The van der Waals surface area contributed by atoms with Crippen molar-refractivity contribution in [2.24, 2.45) is 5.73 Å². The maximum atomic E-state index is 12.8. The van der Waals surface area contributed by atoms with Crippen LogP contribution in [0, 0.1) is 19.3 Å². The van der Waals surface area contributed by atoms with Crippen molar-refractivity contribution in [2.75, 3.05) is 13.2 Å². The fourth-order valence-corrected chi connectivity index (χ4v) is 3.32. The number of carbonyl (C=O) groups excluding carboxylic acids is 3. The molecule has 0 bridgehead atoms. The Kier molecular flexibility index (Phi) is 6.71. The molecule has 1 aromatic heterocycles. The number of likely N-dealkylation sites (tertiary alicyclic amines) is 1. The minimum absolute atomic E-state index is 0.135. The number of hydrogen-bond donors (Lipinski definition) is 2. The van der Waals surface area contributed by atoms with Crippen LogP contribution in [0.2, 0.25) is 0 Å². The zero-order valence-corrected chi connectivity index (χ0v) is 15.5. The highest BCUT2D eigenvalue weighted by atomic mass is 32.1. The van der Waals surface area contributed by atoms with Gasteiger partial charge in [0.25, 0.3) is 5.91 Å². The van der Waals surface area contributed by atoms with Crippen LogP contribution >= 0.6 is 11.3 Å². The summed E-state index contributed by atoms with van der Waals surface area (Å²) < 4.78 is 5.54. The maximum absolute atomic E-state index is 12.8. The predicted molar refractivity (Wildman–Crippen MR) is 96.3 cm³/mol. The Labute approximate surface area is 156 Å². The summed E-state index contributed by atoms with van der Waals surface area (Å²) in [4.78, 5) is 42.4. The molecule has 8 nitrogen and oxygen atoms in total. The number of thiazole rings is 1. The van der Waals surface area contributed by atoms with Gasteiger partial charge in [0, 0.05) is 18.3 Å². The Balaban J connectivity index is 2.18. The molecule has 0 radical (unpaired) electrons. The number of ether oxygens (including phenoxy) is 1. The molecule has 1 aliphatic heterocycles. The molecule has 1 aromatic rings. The first-order valence-electron chi connectivity index (χ1n) is 8.21. The number of nitrogens with two attached hydrogens (primary N) is 1. The third-order valence-electron chi connectivity index (χ3n) is 4.14. The highest BCUT2D eigenvalue weighted by Crippen LogP contribution is 2.23. The Hall–Kier alpha value is -2.44. The van der Waals surface area contributed by atoms with Crippen molar-refractivity contribution in [2.45, 2.75) is 44.9 Å². The molecule has 0 spiro atoms. The smallest absolute Gasteiger partial charge is 0.274 e. The standard InChI is InChI=1S/C17H22N4O4S/c1-4-7-25-12-5-6-21(17(24)13-9-26-11(3)20-13)14(8-12)16(23)19-10(2)15(18)22/h1,9-10,12,14H,5-8H2,2-3H3,(H2,18,22)(H,19,23)/t10-,12-,14+/m1/s1. The lowest BCUT2D eigenvalue weighted by molar-refractivity contribution is -0.132. The number of terminal acetylenes is 1. The summed E-state index contributed by atoms with van der Waals surface area (Å²) in [6.07, 6.45) is 5.82. The minimum Gasteiger partial charge on any atom is -0.368 e. The molecule has 26 heavy (non-hydrogen) atoms. The summed E-state index contributed by atoms with van der Waals surface area (Å²) in [6, 6.07) is -1.63. The van der Waals surface area contributed by atoms with Gasteiger partial charge in [-0.25, -0.2) is 4.98 Å². The highest BCUT2D eigenvalue weighted by Gasteiger charge is 2.38. The average Bonchev–Trinajstić information content (AvgIpc) is 3.05. The van der Waals surface area contributed by atoms with Gasteiger partial charge in [0.15, 0.2) is 0 Å². The van der Waals surface area contributed by atoms with Gasteiger partial charge in [-0.05, 0) is 20.3 Å². The van der Waals surface area contributed by atoms with Crippen LogP contribution < -0.4 is 11.1 Å². The number of nitrogens with one attached hydrogen (secondary N) is 1. The Bertz CT molecular complexity index is 727. The van der Waals surface area contributed by atoms with Crippen LogP contribution in [-0.4, -0.2) is 58.9 Å². The Morgan fingerprint density at radius 1 is 1.58 bits per heavy atom. The number of aromatic nitrogens is 1. The molecule has 2 heterocycles. The summed E-state index contributed by atoms with van der Waals surface area (Å²) in [7, 11) is 0. The monoisotopic (exact) mass is 378 g/mol. The predicted octanol–water partition coefficient (Wildman–Crippen LogP) is 0.0645. The van der Waals surface area contributed by atoms with Crippen LogP contribution in [0.15, 0.2) is 5.38 Å². The number of aryl methyl sites for hydroxylation is 1. The molecule has 3 amide bonds. The van der Waals surface area contributed by atoms with E-state index in [1.165, 1.54) is 23.2 Å². The molecule has 1 saturated heterocycles. The van der Waals surface area contributed by atoms with Crippen LogP contribution in [0.25, 0.3) is 0 Å². The zero-order chi connectivity index (χ0) is 19.3. The summed E-state index contributed by atoms with van der Waals surface area (Å²) in [6.45, 7) is 3.76. The van der Waals surface area contributed by atoms with Crippen molar-refractivity contribution < 1.29 is 19.1 Å². The molecule has 3 N–H and O–H groups in total. The van der Waals surface area contributed by atoms with Gasteiger partial charge in [-0.1, -0.05) is 5.92 Å². The molecule has 0 unspecified atom stereocenters. The van der Waals surface area contributed by atoms with E-state index in [9.17, 15) is 14.4 Å². The van der Waals surface area contributed by atoms with Crippen molar-refractivity contribution in [3.8, 4) is 12.3 Å². The second-order valence-corrected chi connectivity index (χ2v) is 7.12. The third kappa shape index (κ3) is 4.80. The van der Waals surface area contributed by atoms with E-state index in [1.54, 1.807) is 12.3 Å². The molecule has 0 aliphatic carbocycles. The van der Waals surface area contributed by atoms with Crippen molar-refractivity contribution in [3.05, 3.63) is 16.1 Å². The molecular weight excluding hydrogens is 356 g/mol. The molecule has 1 aliphatic rings. The SMILES string of the molecule is C#CCO[C@@H]1CCN(C(=O)c2csc(C)n2)[C@H](C(=O)N[C@H](C)C(N)=O)C1. The third-order valence-corrected chi connectivity index (χ3v) is 4.92. The number of nitrogens with zero attached hydrogens (tertiary/aromatic N) is 2. The number of piperidine rings is 1. The second kappa shape index (κ2) is 8.78. The lowest BCUT2D eigenvalue weighted by atomic mass is 9.97. The molecule has 140 valence electrons. The number of primary amides is 1. The van der Waals surface area contributed by atoms with Crippen LogP contribution in [0.5, 0.6) is 0 Å². The summed E-state index contributed by atoms with van der Waals surface area (Å²) >= 11 is 1.37. The molecule has 9 heteroatoms. The Morgan fingerprint density at radius 2 is 2.31 bits per heavy atom. The first-order valence-corrected chi connectivity index (χ1v) is 9.09. The summed E-state index contributed by atoms with van der Waals surface area (Å²) in [5.74, 6) is 0.969. The first kappa shape index (κ1) is 19.9. The second-order valence-electron chi connectivity index (χ2n) is 6.06. The van der Waals surface area contributed by atoms with Crippen LogP contribution in [0.1, 0.15) is 35.3 Å². The number of hydrogen-bond acceptors (Lipinski definition) is 6. The molecular formula is C17H22N4O4S. The minimum atomic E-state index is -0.840. The topological polar surface area (TPSA) is 115 Å². The largest absolute Gasteiger partial charge is 0.368 e. The molecule has 3 atom stereocenters. The summed E-state index contributed by atoms with van der Waals surface area (Å²) in [5, 5.41) is 4.98. The van der Waals surface area contributed by atoms with Gasteiger partial charge in [0.1, 0.15) is 24.4 Å². The van der Waals surface area contributed by atoms with E-state index in [-0.39, 0.29) is 25.0 Å². The van der Waals surface area contributed by atoms with E-state index in [1.807, 2.05) is 0 Å². The number of carbonyl (C=O) groups is 3. The van der Waals surface area contributed by atoms with Crippen molar-refractivity contribution in [1.29, 1.82) is 0 Å². The summed E-state index contributed by atoms with van der Waals surface area (Å²) in [5.41, 5.74) is 5.51. The van der Waals surface area contributed by atoms with Crippen LogP contribution in [0.4, 0.5) is 0 Å². The fourth-order valence-electron chi connectivity index (χ4n) is 2.73. The van der Waals surface area contributed by atoms with E-state index in [0.29, 0.717) is 18.7 Å². The number of amides is 3. The van der Waals surface area contributed by atoms with Crippen molar-refractivity contribution >= 4 is 29.1 Å². The van der Waals surface area contributed by atoms with E-state index in [2.05, 4.69) is 16.2 Å². The van der Waals surface area contributed by atoms with Gasteiger partial charge in [0.05, 0.1) is 11.1 Å². The zero-order valence-electron chi connectivity index (χ0n) is 14.7. The van der Waals surface area contributed by atoms with Crippen molar-refractivity contribution in [3.63, 3.8) is 0 Å². The van der Waals surface area contributed by atoms with Gasteiger partial charge in [0.2, 0.25) is 11.8 Å². The van der Waals surface area contributed by atoms with Crippen LogP contribution in [0.3, 0.4) is 0 Å². The highest BCUT2D eigenvalue weighted by molar-refractivity contribution is 7.09. The normalized spacial score (nSPS) is 20.9. The van der Waals surface area contributed by atoms with Gasteiger partial charge in [-0.2, -0.15) is 0 Å². The average molecular weight is 378 g/mol. The maximum Gasteiger partial charge on any atom is 0.274 e. The van der Waals surface area contributed by atoms with Crippen LogP contribution in [-0.2, 0) is 14.3 Å². The quantitative estimate of drug-likeness (QED) is 0.680. The molecule has 2 rings (SSSR count). The first-order chi connectivity index (χ1) is 12.3. The molecule has 0 aromatic carbocycles. The van der Waals surface area contributed by atoms with Gasteiger partial charge in [-0.3, -0.25) is 14.4 Å². The van der Waals surface area contributed by atoms with E-state index >= 15 is 0 Å². The number of rotatable bonds is 6. The fraction of sp³-hybridized carbons (Fsp3) is 0.529. The Morgan fingerprint density at radius 3 is 2.88 bits per heavy atom. The van der Waals surface area contributed by atoms with E-state index < -0.39 is 23.9 Å². The van der Waals surface area contributed by atoms with Gasteiger partial charge < -0.3 is 20.7 Å². The van der Waals surface area contributed by atoms with E-state index in [0.717, 1.165) is 5.01 Å².